The third-order valence-electron chi connectivity index (χ3n) is 4.92. The molecule has 0 unspecified atom stereocenters. The number of benzene rings is 2. The van der Waals surface area contributed by atoms with E-state index in [1.807, 2.05) is 47.0 Å². The number of rotatable bonds is 3. The number of aromatic amines is 1. The Morgan fingerprint density at radius 3 is 2.16 bits per heavy atom. The summed E-state index contributed by atoms with van der Waals surface area (Å²) in [6.45, 7) is 0. The molecule has 0 spiro atoms. The summed E-state index contributed by atoms with van der Waals surface area (Å²) in [5.74, 6) is 0. The van der Waals surface area contributed by atoms with Crippen LogP contribution in [-0.4, -0.2) is 19.4 Å². The molecule has 3 aromatic heterocycles. The summed E-state index contributed by atoms with van der Waals surface area (Å²) in [5.41, 5.74) is 5.02. The Hall–Kier alpha value is -2.41. The van der Waals surface area contributed by atoms with E-state index < -0.39 is 0 Å². The van der Waals surface area contributed by atoms with E-state index >= 15 is 0 Å². The maximum Gasteiger partial charge on any atom is 0.197 e. The average molecular weight is 518 g/mol. The SMILES string of the molecule is S=c1nc(-c2ccc(Cl)cc2Cl)cc(-c2c(-c3ccc(Cl)cc3Cl)nc3ccccn23)[nH]1. The van der Waals surface area contributed by atoms with Gasteiger partial charge in [0.25, 0.3) is 0 Å². The Kier molecular flexibility index (Phi) is 5.70. The van der Waals surface area contributed by atoms with E-state index in [-0.39, 0.29) is 0 Å². The van der Waals surface area contributed by atoms with Crippen LogP contribution in [0.2, 0.25) is 20.1 Å². The minimum absolute atomic E-state index is 0.308. The van der Waals surface area contributed by atoms with Gasteiger partial charge in [-0.1, -0.05) is 52.5 Å². The van der Waals surface area contributed by atoms with Crippen LogP contribution in [0.3, 0.4) is 0 Å². The standard InChI is InChI=1S/C23H12Cl4N4S/c24-12-4-6-14(16(26)9-12)18-11-19(29-23(32)28-18)22-21(15-7-5-13(25)10-17(15)27)30-20-3-1-2-8-31(20)22/h1-11H,(H,28,29,32). The van der Waals surface area contributed by atoms with Crippen LogP contribution in [0.4, 0.5) is 0 Å². The largest absolute Gasteiger partial charge is 0.329 e. The van der Waals surface area contributed by atoms with Crippen molar-refractivity contribution in [1.82, 2.24) is 19.4 Å². The Labute approximate surface area is 208 Å². The average Bonchev–Trinajstić information content (AvgIpc) is 3.12. The van der Waals surface area contributed by atoms with Crippen LogP contribution in [0.25, 0.3) is 39.5 Å². The molecule has 2 aromatic carbocycles. The fourth-order valence-electron chi connectivity index (χ4n) is 3.54. The van der Waals surface area contributed by atoms with Gasteiger partial charge >= 0.3 is 0 Å². The molecule has 1 N–H and O–H groups in total. The molecule has 0 atom stereocenters. The molecule has 0 aliphatic heterocycles. The van der Waals surface area contributed by atoms with Gasteiger partial charge in [-0.05, 0) is 66.8 Å². The lowest BCUT2D eigenvalue weighted by Gasteiger charge is -2.10. The van der Waals surface area contributed by atoms with Crippen molar-refractivity contribution < 1.29 is 0 Å². The lowest BCUT2D eigenvalue weighted by Crippen LogP contribution is -1.96. The number of imidazole rings is 1. The van der Waals surface area contributed by atoms with Crippen LogP contribution in [-0.2, 0) is 0 Å². The fraction of sp³-hybridized carbons (Fsp3) is 0. The first kappa shape index (κ1) is 21.4. The third-order valence-corrected chi connectivity index (χ3v) is 6.21. The number of hydrogen-bond acceptors (Lipinski definition) is 3. The number of pyridine rings is 1. The van der Waals surface area contributed by atoms with Crippen LogP contribution < -0.4 is 0 Å². The first-order valence-corrected chi connectivity index (χ1v) is 11.3. The van der Waals surface area contributed by atoms with E-state index in [1.165, 1.54) is 0 Å². The normalized spacial score (nSPS) is 11.2. The molecule has 0 amide bonds. The predicted octanol–water partition coefficient (Wildman–Crippen LogP) is 8.40. The topological polar surface area (TPSA) is 46.0 Å². The number of fused-ring (bicyclic) bond motifs is 1. The zero-order valence-electron chi connectivity index (χ0n) is 16.1. The van der Waals surface area contributed by atoms with Crippen molar-refractivity contribution in [3.63, 3.8) is 0 Å². The van der Waals surface area contributed by atoms with Crippen LogP contribution in [0.1, 0.15) is 0 Å². The zero-order valence-corrected chi connectivity index (χ0v) is 20.0. The van der Waals surface area contributed by atoms with Gasteiger partial charge in [-0.2, -0.15) is 0 Å². The smallest absolute Gasteiger partial charge is 0.197 e. The lowest BCUT2D eigenvalue weighted by atomic mass is 10.1. The summed E-state index contributed by atoms with van der Waals surface area (Å²) < 4.78 is 2.27. The van der Waals surface area contributed by atoms with Gasteiger partial charge in [-0.15, -0.1) is 0 Å². The van der Waals surface area contributed by atoms with Gasteiger partial charge in [0.05, 0.1) is 27.1 Å². The highest BCUT2D eigenvalue weighted by Gasteiger charge is 2.20. The van der Waals surface area contributed by atoms with Crippen molar-refractivity contribution in [3.8, 4) is 33.9 Å². The van der Waals surface area contributed by atoms with Gasteiger partial charge in [0.15, 0.2) is 4.77 Å². The van der Waals surface area contributed by atoms with Crippen LogP contribution >= 0.6 is 58.6 Å². The molecule has 0 aliphatic rings. The van der Waals surface area contributed by atoms with E-state index in [4.69, 9.17) is 63.6 Å². The van der Waals surface area contributed by atoms with Gasteiger partial charge in [0.2, 0.25) is 0 Å². The van der Waals surface area contributed by atoms with Crippen molar-refractivity contribution in [2.24, 2.45) is 0 Å². The number of halogens is 4. The lowest BCUT2D eigenvalue weighted by molar-refractivity contribution is 1.11. The third kappa shape index (κ3) is 3.91. The van der Waals surface area contributed by atoms with E-state index in [9.17, 15) is 0 Å². The van der Waals surface area contributed by atoms with Crippen molar-refractivity contribution >= 4 is 64.3 Å². The number of hydrogen-bond donors (Lipinski definition) is 1. The van der Waals surface area contributed by atoms with E-state index in [0.29, 0.717) is 41.9 Å². The first-order valence-electron chi connectivity index (χ1n) is 9.40. The Bertz CT molecular complexity index is 1560. The van der Waals surface area contributed by atoms with Gasteiger partial charge in [-0.3, -0.25) is 4.40 Å². The summed E-state index contributed by atoms with van der Waals surface area (Å²) >= 11 is 30.6. The fourth-order valence-corrected chi connectivity index (χ4v) is 4.75. The molecule has 0 saturated carbocycles. The number of nitrogens with one attached hydrogen (secondary N) is 1. The Balaban J connectivity index is 1.80. The second kappa shape index (κ2) is 8.50. The molecule has 0 fully saturated rings. The van der Waals surface area contributed by atoms with Crippen molar-refractivity contribution in [1.29, 1.82) is 0 Å². The summed E-state index contributed by atoms with van der Waals surface area (Å²) in [7, 11) is 0. The van der Waals surface area contributed by atoms with Crippen LogP contribution in [0.15, 0.2) is 66.9 Å². The molecule has 5 rings (SSSR count). The second-order valence-corrected chi connectivity index (χ2v) is 9.05. The van der Waals surface area contributed by atoms with Gasteiger partial charge in [-0.25, -0.2) is 9.97 Å². The number of nitrogens with zero attached hydrogens (tertiary/aromatic N) is 3. The summed E-state index contributed by atoms with van der Waals surface area (Å²) in [5, 5.41) is 2.07. The molecule has 9 heteroatoms. The predicted molar refractivity (Wildman–Crippen MR) is 135 cm³/mol. The van der Waals surface area contributed by atoms with Gasteiger partial charge in [0, 0.05) is 27.4 Å². The molecular formula is C23H12Cl4N4S. The molecule has 3 heterocycles. The first-order chi connectivity index (χ1) is 15.4. The van der Waals surface area contributed by atoms with Gasteiger partial charge < -0.3 is 4.98 Å². The minimum atomic E-state index is 0.308. The molecule has 32 heavy (non-hydrogen) atoms. The summed E-state index contributed by atoms with van der Waals surface area (Å²) in [6, 6.07) is 18.2. The molecule has 0 bridgehead atoms. The molecule has 0 radical (unpaired) electrons. The second-order valence-electron chi connectivity index (χ2n) is 6.97. The number of aromatic nitrogens is 4. The maximum atomic E-state index is 6.54. The zero-order chi connectivity index (χ0) is 22.4. The Morgan fingerprint density at radius 1 is 0.781 bits per heavy atom. The highest BCUT2D eigenvalue weighted by atomic mass is 35.5. The summed E-state index contributed by atoms with van der Waals surface area (Å²) in [6.07, 6.45) is 1.93. The molecule has 5 aromatic rings. The van der Waals surface area contributed by atoms with E-state index in [2.05, 4.69) is 9.97 Å². The maximum absolute atomic E-state index is 6.54. The Morgan fingerprint density at radius 2 is 1.47 bits per heavy atom. The van der Waals surface area contributed by atoms with Crippen molar-refractivity contribution in [2.45, 2.75) is 0 Å². The highest BCUT2D eigenvalue weighted by Crippen LogP contribution is 2.38. The summed E-state index contributed by atoms with van der Waals surface area (Å²) in [4.78, 5) is 12.5. The molecule has 158 valence electrons. The minimum Gasteiger partial charge on any atom is -0.329 e. The van der Waals surface area contributed by atoms with Crippen LogP contribution in [0, 0.1) is 4.77 Å². The quantitative estimate of drug-likeness (QED) is 0.244. The molecular weight excluding hydrogens is 506 g/mol. The van der Waals surface area contributed by atoms with Crippen LogP contribution in [0.5, 0.6) is 0 Å². The van der Waals surface area contributed by atoms with Gasteiger partial charge in [0.1, 0.15) is 11.3 Å². The monoisotopic (exact) mass is 516 g/mol. The van der Waals surface area contributed by atoms with Crippen molar-refractivity contribution in [2.75, 3.05) is 0 Å². The number of H-pyrrole nitrogens is 1. The highest BCUT2D eigenvalue weighted by molar-refractivity contribution is 7.71. The van der Waals surface area contributed by atoms with Crippen molar-refractivity contribution in [3.05, 3.63) is 91.7 Å². The molecule has 0 aliphatic carbocycles. The van der Waals surface area contributed by atoms with E-state index in [0.717, 1.165) is 22.5 Å². The molecule has 0 saturated heterocycles. The van der Waals surface area contributed by atoms with E-state index in [1.54, 1.807) is 24.3 Å². The molecule has 4 nitrogen and oxygen atoms in total.